The van der Waals surface area contributed by atoms with Gasteiger partial charge in [0.05, 0.1) is 10.6 Å². The van der Waals surface area contributed by atoms with Crippen LogP contribution in [-0.4, -0.2) is 11.6 Å². The minimum absolute atomic E-state index is 0.233. The second kappa shape index (κ2) is 6.89. The highest BCUT2D eigenvalue weighted by atomic mass is 32.1. The molecule has 0 spiro atoms. The summed E-state index contributed by atoms with van der Waals surface area (Å²) in [6, 6.07) is 20.7. The van der Waals surface area contributed by atoms with Crippen LogP contribution < -0.4 is 11.2 Å². The topological polar surface area (TPSA) is 67.5 Å². The number of nitrogens with two attached hydrogens (primary N) is 1. The van der Waals surface area contributed by atoms with Crippen molar-refractivity contribution in [1.29, 1.82) is 0 Å². The molecule has 0 saturated carbocycles. The first-order chi connectivity index (χ1) is 11.3. The van der Waals surface area contributed by atoms with Crippen molar-refractivity contribution in [3.63, 3.8) is 0 Å². The molecule has 0 atom stereocenters. The van der Waals surface area contributed by atoms with Crippen LogP contribution in [0, 0.1) is 0 Å². The van der Waals surface area contributed by atoms with E-state index in [1.807, 2.05) is 66.0 Å². The Bertz CT molecular complexity index is 826. The molecular weight excluding hydrogens is 306 g/mol. The molecule has 0 fully saturated rings. The van der Waals surface area contributed by atoms with Crippen LogP contribution in [0.2, 0.25) is 0 Å². The SMILES string of the molecule is Nc1ccccc1C(=NNC(=O)c1cccs1)c1ccccc1. The Morgan fingerprint density at radius 2 is 1.70 bits per heavy atom. The normalized spacial score (nSPS) is 11.2. The van der Waals surface area contributed by atoms with E-state index in [0.717, 1.165) is 11.1 Å². The summed E-state index contributed by atoms with van der Waals surface area (Å²) in [6.45, 7) is 0. The van der Waals surface area contributed by atoms with E-state index in [1.54, 1.807) is 6.07 Å². The number of anilines is 1. The maximum absolute atomic E-state index is 12.1. The predicted molar refractivity (Wildman–Crippen MR) is 94.7 cm³/mol. The van der Waals surface area contributed by atoms with Gasteiger partial charge in [0, 0.05) is 16.8 Å². The maximum atomic E-state index is 12.1. The molecule has 5 heteroatoms. The van der Waals surface area contributed by atoms with Crippen molar-refractivity contribution in [1.82, 2.24) is 5.43 Å². The van der Waals surface area contributed by atoms with Crippen LogP contribution in [0.1, 0.15) is 20.8 Å². The lowest BCUT2D eigenvalue weighted by Gasteiger charge is -2.10. The van der Waals surface area contributed by atoms with Crippen molar-refractivity contribution in [2.45, 2.75) is 0 Å². The van der Waals surface area contributed by atoms with Crippen molar-refractivity contribution in [2.24, 2.45) is 5.10 Å². The molecule has 0 aliphatic rings. The number of nitrogens with zero attached hydrogens (tertiary/aromatic N) is 1. The first-order valence-electron chi connectivity index (χ1n) is 7.07. The van der Waals surface area contributed by atoms with Gasteiger partial charge in [0.15, 0.2) is 0 Å². The molecule has 23 heavy (non-hydrogen) atoms. The molecule has 0 aliphatic carbocycles. The summed E-state index contributed by atoms with van der Waals surface area (Å²) in [4.78, 5) is 12.7. The van der Waals surface area contributed by atoms with E-state index in [0.29, 0.717) is 16.3 Å². The van der Waals surface area contributed by atoms with E-state index < -0.39 is 0 Å². The molecule has 1 aromatic heterocycles. The number of nitrogens with one attached hydrogen (secondary N) is 1. The Morgan fingerprint density at radius 1 is 0.957 bits per heavy atom. The Balaban J connectivity index is 1.97. The molecule has 0 radical (unpaired) electrons. The van der Waals surface area contributed by atoms with Gasteiger partial charge in [-0.15, -0.1) is 11.3 Å². The summed E-state index contributed by atoms with van der Waals surface area (Å²) in [6.07, 6.45) is 0. The second-order valence-corrected chi connectivity index (χ2v) is 5.78. The largest absolute Gasteiger partial charge is 0.398 e. The Labute approximate surface area is 138 Å². The highest BCUT2D eigenvalue weighted by Gasteiger charge is 2.11. The lowest BCUT2D eigenvalue weighted by atomic mass is 10.0. The number of hydrazone groups is 1. The highest BCUT2D eigenvalue weighted by Crippen LogP contribution is 2.17. The van der Waals surface area contributed by atoms with Gasteiger partial charge in [-0.25, -0.2) is 5.43 Å². The van der Waals surface area contributed by atoms with Gasteiger partial charge >= 0.3 is 0 Å². The number of thiophene rings is 1. The van der Waals surface area contributed by atoms with Crippen molar-refractivity contribution in [3.8, 4) is 0 Å². The molecule has 3 rings (SSSR count). The summed E-state index contributed by atoms with van der Waals surface area (Å²) in [7, 11) is 0. The fourth-order valence-corrected chi connectivity index (χ4v) is 2.77. The Morgan fingerprint density at radius 3 is 2.39 bits per heavy atom. The molecule has 0 unspecified atom stereocenters. The van der Waals surface area contributed by atoms with Gasteiger partial charge in [-0.1, -0.05) is 54.6 Å². The van der Waals surface area contributed by atoms with Gasteiger partial charge in [0.1, 0.15) is 0 Å². The summed E-state index contributed by atoms with van der Waals surface area (Å²) < 4.78 is 0. The number of hydrogen-bond acceptors (Lipinski definition) is 4. The minimum atomic E-state index is -0.233. The Hall–Kier alpha value is -2.92. The van der Waals surface area contributed by atoms with Crippen LogP contribution in [0.4, 0.5) is 5.69 Å². The lowest BCUT2D eigenvalue weighted by molar-refractivity contribution is 0.0959. The monoisotopic (exact) mass is 321 g/mol. The van der Waals surface area contributed by atoms with E-state index in [4.69, 9.17) is 5.73 Å². The smallest absolute Gasteiger partial charge is 0.281 e. The van der Waals surface area contributed by atoms with Crippen LogP contribution >= 0.6 is 11.3 Å². The summed E-state index contributed by atoms with van der Waals surface area (Å²) in [5, 5.41) is 6.18. The van der Waals surface area contributed by atoms with E-state index in [9.17, 15) is 4.79 Å². The van der Waals surface area contributed by atoms with E-state index in [2.05, 4.69) is 10.5 Å². The van der Waals surface area contributed by atoms with Gasteiger partial charge in [0.25, 0.3) is 5.91 Å². The van der Waals surface area contributed by atoms with Crippen LogP contribution in [0.5, 0.6) is 0 Å². The summed E-state index contributed by atoms with van der Waals surface area (Å²) in [5.41, 5.74) is 11.6. The first kappa shape index (κ1) is 15.0. The van der Waals surface area contributed by atoms with Crippen LogP contribution in [-0.2, 0) is 0 Å². The molecular formula is C18H15N3OS. The van der Waals surface area contributed by atoms with Gasteiger partial charge in [0.2, 0.25) is 0 Å². The quantitative estimate of drug-likeness (QED) is 0.439. The van der Waals surface area contributed by atoms with E-state index >= 15 is 0 Å². The number of para-hydroxylation sites is 1. The molecule has 3 aromatic rings. The molecule has 1 heterocycles. The predicted octanol–water partition coefficient (Wildman–Crippen LogP) is 3.51. The summed E-state index contributed by atoms with van der Waals surface area (Å²) in [5.74, 6) is -0.233. The van der Waals surface area contributed by atoms with Crippen molar-refractivity contribution >= 4 is 28.6 Å². The van der Waals surface area contributed by atoms with Gasteiger partial charge < -0.3 is 5.73 Å². The van der Waals surface area contributed by atoms with E-state index in [-0.39, 0.29) is 5.91 Å². The van der Waals surface area contributed by atoms with Crippen LogP contribution in [0.25, 0.3) is 0 Å². The molecule has 4 nitrogen and oxygen atoms in total. The van der Waals surface area contributed by atoms with Crippen LogP contribution in [0.3, 0.4) is 0 Å². The zero-order valence-electron chi connectivity index (χ0n) is 12.3. The number of nitrogen functional groups attached to an aromatic ring is 1. The second-order valence-electron chi connectivity index (χ2n) is 4.83. The molecule has 3 N–H and O–H groups in total. The standard InChI is InChI=1S/C18H15N3OS/c19-15-10-5-4-9-14(15)17(13-7-2-1-3-8-13)20-21-18(22)16-11-6-12-23-16/h1-12H,19H2,(H,21,22). The number of rotatable bonds is 4. The van der Waals surface area contributed by atoms with Crippen molar-refractivity contribution in [3.05, 3.63) is 88.1 Å². The number of carbonyl (C=O) groups is 1. The fraction of sp³-hybridized carbons (Fsp3) is 0. The molecule has 2 aromatic carbocycles. The fourth-order valence-electron chi connectivity index (χ4n) is 2.16. The highest BCUT2D eigenvalue weighted by molar-refractivity contribution is 7.12. The third kappa shape index (κ3) is 3.46. The number of benzene rings is 2. The average molecular weight is 321 g/mol. The third-order valence-corrected chi connectivity index (χ3v) is 4.15. The lowest BCUT2D eigenvalue weighted by Crippen LogP contribution is -2.20. The van der Waals surface area contributed by atoms with Gasteiger partial charge in [-0.2, -0.15) is 5.10 Å². The molecule has 1 amide bonds. The minimum Gasteiger partial charge on any atom is -0.398 e. The summed E-state index contributed by atoms with van der Waals surface area (Å²) >= 11 is 1.37. The first-order valence-corrected chi connectivity index (χ1v) is 7.95. The average Bonchev–Trinajstić information content (AvgIpc) is 3.12. The zero-order chi connectivity index (χ0) is 16.1. The Kier molecular flexibility index (Phi) is 4.49. The van der Waals surface area contributed by atoms with Gasteiger partial charge in [-0.3, -0.25) is 4.79 Å². The molecule has 0 bridgehead atoms. The van der Waals surface area contributed by atoms with Crippen molar-refractivity contribution < 1.29 is 4.79 Å². The third-order valence-electron chi connectivity index (χ3n) is 3.28. The van der Waals surface area contributed by atoms with E-state index in [1.165, 1.54) is 11.3 Å². The molecule has 114 valence electrons. The molecule has 0 saturated heterocycles. The number of amides is 1. The van der Waals surface area contributed by atoms with Crippen molar-refractivity contribution in [2.75, 3.05) is 5.73 Å². The number of carbonyl (C=O) groups excluding carboxylic acids is 1. The number of hydrogen-bond donors (Lipinski definition) is 2. The molecule has 0 aliphatic heterocycles. The maximum Gasteiger partial charge on any atom is 0.281 e. The zero-order valence-corrected chi connectivity index (χ0v) is 13.1. The van der Waals surface area contributed by atoms with Crippen LogP contribution in [0.15, 0.2) is 77.2 Å². The van der Waals surface area contributed by atoms with Gasteiger partial charge in [-0.05, 0) is 17.5 Å².